The van der Waals surface area contributed by atoms with Gasteiger partial charge < -0.3 is 0 Å². The average Bonchev–Trinajstić information content (AvgIpc) is 2.49. The second-order valence-electron chi connectivity index (χ2n) is 4.45. The molecule has 0 bridgehead atoms. The minimum absolute atomic E-state index is 2.61. The van der Waals surface area contributed by atoms with Crippen LogP contribution in [0.15, 0.2) is 0 Å². The number of halogens is 12. The van der Waals surface area contributed by atoms with Crippen LogP contribution in [0.4, 0.5) is 52.7 Å². The van der Waals surface area contributed by atoms with Crippen LogP contribution in [-0.4, -0.2) is 56.9 Å². The molecule has 0 heterocycles. The molecule has 26 heavy (non-hydrogen) atoms. The van der Waals surface area contributed by atoms with Crippen LogP contribution in [-0.2, 0) is 18.1 Å². The zero-order chi connectivity index (χ0) is 21.0. The van der Waals surface area contributed by atoms with E-state index in [9.17, 15) is 57.3 Å². The summed E-state index contributed by atoms with van der Waals surface area (Å²) in [4.78, 5) is 0. The van der Waals surface area contributed by atoms with Gasteiger partial charge >= 0.3 is 44.9 Å². The van der Waals surface area contributed by atoms with Crippen molar-refractivity contribution in [2.24, 2.45) is 0 Å². The Bertz CT molecular complexity index is 419. The van der Waals surface area contributed by atoms with Crippen molar-refractivity contribution in [2.45, 2.75) is 37.0 Å². The molecule has 0 aliphatic carbocycles. The van der Waals surface area contributed by atoms with Gasteiger partial charge in [0.2, 0.25) is 0 Å². The van der Waals surface area contributed by atoms with Gasteiger partial charge in [-0.25, -0.2) is 30.9 Å². The van der Waals surface area contributed by atoms with Gasteiger partial charge in [-0.2, -0.15) is 26.3 Å². The van der Waals surface area contributed by atoms with Gasteiger partial charge in [0.1, 0.15) is 19.8 Å². The lowest BCUT2D eigenvalue weighted by molar-refractivity contribution is -0.172. The zero-order valence-corrected chi connectivity index (χ0v) is 12.9. The molecule has 158 valence electrons. The van der Waals surface area contributed by atoms with Gasteiger partial charge in [0.25, 0.3) is 0 Å². The number of hydrogen-bond acceptors (Lipinski definition) is 4. The van der Waals surface area contributed by atoms with E-state index in [1.165, 1.54) is 0 Å². The van der Waals surface area contributed by atoms with Crippen molar-refractivity contribution >= 4 is 7.82 Å². The Labute approximate surface area is 137 Å². The average molecular weight is 440 g/mol. The van der Waals surface area contributed by atoms with Gasteiger partial charge in [0.05, 0.1) is 0 Å². The predicted molar refractivity (Wildman–Crippen MR) is 58.3 cm³/mol. The van der Waals surface area contributed by atoms with E-state index in [1.807, 2.05) is 0 Å². The van der Waals surface area contributed by atoms with E-state index in [0.717, 1.165) is 0 Å². The topological polar surface area (TPSA) is 44.8 Å². The van der Waals surface area contributed by atoms with E-state index in [4.69, 9.17) is 0 Å². The van der Waals surface area contributed by atoms with Crippen LogP contribution >= 0.6 is 7.82 Å². The maximum atomic E-state index is 12.6. The Morgan fingerprint density at radius 2 is 0.769 bits per heavy atom. The first-order valence-electron chi connectivity index (χ1n) is 5.97. The van der Waals surface area contributed by atoms with Crippen LogP contribution in [0.2, 0.25) is 0 Å². The van der Waals surface area contributed by atoms with Gasteiger partial charge in [-0.15, -0.1) is 0 Å². The first-order valence-corrected chi connectivity index (χ1v) is 7.43. The summed E-state index contributed by atoms with van der Waals surface area (Å²) in [7, 11) is -6.07. The Morgan fingerprint density at radius 3 is 0.923 bits per heavy atom. The first-order chi connectivity index (χ1) is 11.5. The lowest BCUT2D eigenvalue weighted by atomic mass is 10.4. The molecule has 4 nitrogen and oxygen atoms in total. The van der Waals surface area contributed by atoms with E-state index < -0.39 is 64.7 Å². The Hall–Kier alpha value is -0.730. The monoisotopic (exact) mass is 440 g/mol. The van der Waals surface area contributed by atoms with Crippen molar-refractivity contribution in [3.63, 3.8) is 0 Å². The number of hydrogen-bond donors (Lipinski definition) is 0. The van der Waals surface area contributed by atoms with Gasteiger partial charge in [-0.05, 0) is 0 Å². The SMILES string of the molecule is O=P(OCC(F)(F)C(F)F)(OCC(F)(F)C(F)F)OCC(F)(F)C(F)F. The van der Waals surface area contributed by atoms with Crippen LogP contribution in [0, 0.1) is 0 Å². The molecule has 0 rings (SSSR count). The third-order valence-corrected chi connectivity index (χ3v) is 3.54. The number of phosphoric ester groups is 1. The third-order valence-electron chi connectivity index (χ3n) is 2.20. The summed E-state index contributed by atoms with van der Waals surface area (Å²) >= 11 is 0. The van der Waals surface area contributed by atoms with E-state index >= 15 is 0 Å². The summed E-state index contributed by atoms with van der Waals surface area (Å²) < 4.78 is 169. The van der Waals surface area contributed by atoms with Crippen molar-refractivity contribution in [3.8, 4) is 0 Å². The van der Waals surface area contributed by atoms with Gasteiger partial charge in [-0.3, -0.25) is 13.6 Å². The van der Waals surface area contributed by atoms with Crippen molar-refractivity contribution in [1.29, 1.82) is 0 Å². The highest BCUT2D eigenvalue weighted by Crippen LogP contribution is 2.52. The third kappa shape index (κ3) is 7.88. The van der Waals surface area contributed by atoms with Crippen molar-refractivity contribution in [3.05, 3.63) is 0 Å². The summed E-state index contributed by atoms with van der Waals surface area (Å²) in [5.74, 6) is -15.3. The summed E-state index contributed by atoms with van der Waals surface area (Å²) in [5, 5.41) is 0. The second-order valence-corrected chi connectivity index (χ2v) is 6.12. The highest BCUT2D eigenvalue weighted by molar-refractivity contribution is 7.48. The molecular weight excluding hydrogens is 431 g/mol. The fourth-order valence-corrected chi connectivity index (χ4v) is 2.01. The molecule has 17 heteroatoms. The number of phosphoric acid groups is 1. The quantitative estimate of drug-likeness (QED) is 0.322. The van der Waals surface area contributed by atoms with Crippen LogP contribution in [0.1, 0.15) is 0 Å². The fourth-order valence-electron chi connectivity index (χ4n) is 0.796. The van der Waals surface area contributed by atoms with E-state index in [-0.39, 0.29) is 0 Å². The lowest BCUT2D eigenvalue weighted by Crippen LogP contribution is -2.35. The predicted octanol–water partition coefficient (Wildman–Crippen LogP) is 4.85. The minimum atomic E-state index is -6.07. The molecule has 0 spiro atoms. The molecule has 0 aromatic rings. The van der Waals surface area contributed by atoms with Gasteiger partial charge in [-0.1, -0.05) is 0 Å². The molecule has 0 amide bonds. The summed E-state index contributed by atoms with van der Waals surface area (Å²) in [6.07, 6.45) is -13.4. The Kier molecular flexibility index (Phi) is 8.72. The largest absolute Gasteiger partial charge is 0.475 e. The zero-order valence-electron chi connectivity index (χ0n) is 12.0. The maximum absolute atomic E-state index is 12.6. The molecule has 0 aromatic carbocycles. The fraction of sp³-hybridized carbons (Fsp3) is 1.00. The maximum Gasteiger partial charge on any atom is 0.475 e. The summed E-state index contributed by atoms with van der Waals surface area (Å²) in [6.45, 7) is -7.83. The molecule has 0 fully saturated rings. The molecule has 0 radical (unpaired) electrons. The highest BCUT2D eigenvalue weighted by atomic mass is 31.2. The van der Waals surface area contributed by atoms with Crippen LogP contribution in [0.5, 0.6) is 0 Å². The van der Waals surface area contributed by atoms with Gasteiger partial charge in [0.15, 0.2) is 0 Å². The standard InChI is InChI=1S/C9H9F12O4P/c10-4(11)7(16,17)1-23-26(22,24-2-8(18,19)5(12)13)25-3-9(20,21)6(14)15/h4-6H,1-3H2. The van der Waals surface area contributed by atoms with E-state index in [2.05, 4.69) is 13.6 Å². The summed E-state index contributed by atoms with van der Waals surface area (Å²) in [5.41, 5.74) is 0. The normalized spacial score (nSPS) is 14.7. The number of rotatable bonds is 12. The first kappa shape index (κ1) is 25.3. The minimum Gasteiger partial charge on any atom is -0.280 e. The molecule has 0 aliphatic heterocycles. The Balaban J connectivity index is 5.23. The van der Waals surface area contributed by atoms with Crippen molar-refractivity contribution in [1.82, 2.24) is 0 Å². The van der Waals surface area contributed by atoms with Crippen LogP contribution < -0.4 is 0 Å². The molecule has 0 saturated heterocycles. The number of alkyl halides is 12. The Morgan fingerprint density at radius 1 is 0.577 bits per heavy atom. The van der Waals surface area contributed by atoms with Crippen molar-refractivity contribution < 1.29 is 70.8 Å². The molecule has 0 saturated carbocycles. The highest BCUT2D eigenvalue weighted by Gasteiger charge is 2.49. The van der Waals surface area contributed by atoms with Crippen LogP contribution in [0.25, 0.3) is 0 Å². The molecular formula is C9H9F12O4P. The summed E-state index contributed by atoms with van der Waals surface area (Å²) in [6, 6.07) is 0. The van der Waals surface area contributed by atoms with E-state index in [1.54, 1.807) is 0 Å². The molecule has 0 unspecified atom stereocenters. The smallest absolute Gasteiger partial charge is 0.280 e. The molecule has 0 atom stereocenters. The second kappa shape index (κ2) is 8.97. The molecule has 0 aliphatic rings. The lowest BCUT2D eigenvalue weighted by Gasteiger charge is -2.24. The molecule has 0 aromatic heterocycles. The molecule has 0 N–H and O–H groups in total. The van der Waals surface area contributed by atoms with Gasteiger partial charge in [0, 0.05) is 0 Å². The van der Waals surface area contributed by atoms with E-state index in [0.29, 0.717) is 0 Å². The van der Waals surface area contributed by atoms with Crippen molar-refractivity contribution in [2.75, 3.05) is 19.8 Å². The van der Waals surface area contributed by atoms with Crippen LogP contribution in [0.3, 0.4) is 0 Å².